The van der Waals surface area contributed by atoms with E-state index in [2.05, 4.69) is 15.9 Å². The van der Waals surface area contributed by atoms with Gasteiger partial charge in [-0.2, -0.15) is 0 Å². The Balaban J connectivity index is 1.73. The molecule has 0 atom stereocenters. The predicted molar refractivity (Wildman–Crippen MR) is 82.7 cm³/mol. The highest BCUT2D eigenvalue weighted by atomic mass is 79.9. The van der Waals surface area contributed by atoms with Crippen LogP contribution in [0.5, 0.6) is 17.2 Å². The van der Waals surface area contributed by atoms with Gasteiger partial charge >= 0.3 is 0 Å². The highest BCUT2D eigenvalue weighted by molar-refractivity contribution is 9.10. The lowest BCUT2D eigenvalue weighted by molar-refractivity contribution is 0.217. The Morgan fingerprint density at radius 2 is 1.40 bits per heavy atom. The molecule has 0 radical (unpaired) electrons. The van der Waals surface area contributed by atoms with Crippen LogP contribution in [-0.2, 0) is 0 Å². The fraction of sp³-hybridized carbons (Fsp3) is 0.250. The lowest BCUT2D eigenvalue weighted by Crippen LogP contribution is -2.08. The molecule has 3 nitrogen and oxygen atoms in total. The van der Waals surface area contributed by atoms with E-state index in [0.717, 1.165) is 21.7 Å². The molecular weight excluding hydrogens is 320 g/mol. The van der Waals surface area contributed by atoms with Crippen LogP contribution in [0, 0.1) is 0 Å². The molecule has 20 heavy (non-hydrogen) atoms. The summed E-state index contributed by atoms with van der Waals surface area (Å²) in [6.07, 6.45) is 0. The van der Waals surface area contributed by atoms with Crippen molar-refractivity contribution in [3.63, 3.8) is 0 Å². The van der Waals surface area contributed by atoms with Crippen molar-refractivity contribution >= 4 is 15.9 Å². The Morgan fingerprint density at radius 1 is 0.800 bits per heavy atom. The smallest absolute Gasteiger partial charge is 0.122 e. The molecule has 0 unspecified atom stereocenters. The van der Waals surface area contributed by atoms with Gasteiger partial charge in [0.05, 0.1) is 6.61 Å². The van der Waals surface area contributed by atoms with Crippen LogP contribution in [0.4, 0.5) is 0 Å². The van der Waals surface area contributed by atoms with Crippen molar-refractivity contribution < 1.29 is 14.2 Å². The van der Waals surface area contributed by atoms with E-state index in [1.807, 2.05) is 55.5 Å². The van der Waals surface area contributed by atoms with E-state index in [0.29, 0.717) is 19.8 Å². The first-order valence-corrected chi connectivity index (χ1v) is 7.31. The minimum absolute atomic E-state index is 0.500. The molecule has 0 aliphatic carbocycles. The third-order valence-corrected chi connectivity index (χ3v) is 3.04. The minimum Gasteiger partial charge on any atom is -0.494 e. The van der Waals surface area contributed by atoms with E-state index in [1.54, 1.807) is 0 Å². The summed E-state index contributed by atoms with van der Waals surface area (Å²) in [5.74, 6) is 2.49. The second-order valence-corrected chi connectivity index (χ2v) is 4.97. The van der Waals surface area contributed by atoms with Crippen molar-refractivity contribution in [2.45, 2.75) is 6.92 Å². The van der Waals surface area contributed by atoms with E-state index in [4.69, 9.17) is 14.2 Å². The third-order valence-electron chi connectivity index (χ3n) is 2.55. The van der Waals surface area contributed by atoms with Gasteiger partial charge in [0, 0.05) is 4.47 Å². The number of halogens is 1. The fourth-order valence-corrected chi connectivity index (χ4v) is 2.05. The Kier molecular flexibility index (Phi) is 5.74. The summed E-state index contributed by atoms with van der Waals surface area (Å²) < 4.78 is 17.6. The van der Waals surface area contributed by atoms with E-state index in [1.165, 1.54) is 0 Å². The van der Waals surface area contributed by atoms with Crippen LogP contribution in [0.15, 0.2) is 53.0 Å². The fourth-order valence-electron chi connectivity index (χ4n) is 1.67. The molecule has 0 aliphatic rings. The van der Waals surface area contributed by atoms with Crippen LogP contribution >= 0.6 is 15.9 Å². The number of hydrogen-bond donors (Lipinski definition) is 0. The van der Waals surface area contributed by atoms with Gasteiger partial charge in [-0.05, 0) is 49.4 Å². The van der Waals surface area contributed by atoms with Crippen molar-refractivity contribution in [1.29, 1.82) is 0 Å². The Morgan fingerprint density at radius 3 is 2.00 bits per heavy atom. The van der Waals surface area contributed by atoms with Crippen molar-refractivity contribution in [3.05, 3.63) is 53.0 Å². The van der Waals surface area contributed by atoms with Gasteiger partial charge in [0.25, 0.3) is 0 Å². The topological polar surface area (TPSA) is 27.7 Å². The summed E-state index contributed by atoms with van der Waals surface area (Å²) in [6.45, 7) is 3.63. The van der Waals surface area contributed by atoms with E-state index < -0.39 is 0 Å². The number of rotatable bonds is 7. The molecule has 0 saturated heterocycles. The van der Waals surface area contributed by atoms with Gasteiger partial charge in [-0.15, -0.1) is 0 Å². The summed E-state index contributed by atoms with van der Waals surface area (Å²) in [4.78, 5) is 0. The van der Waals surface area contributed by atoms with Crippen LogP contribution in [0.25, 0.3) is 0 Å². The van der Waals surface area contributed by atoms with Crippen molar-refractivity contribution in [1.82, 2.24) is 0 Å². The molecular formula is C16H17BrO3. The second kappa shape index (κ2) is 7.80. The van der Waals surface area contributed by atoms with Crippen LogP contribution in [0.3, 0.4) is 0 Å². The maximum absolute atomic E-state index is 5.60. The van der Waals surface area contributed by atoms with Gasteiger partial charge in [-0.25, -0.2) is 0 Å². The standard InChI is InChI=1S/C16H17BrO3/c1-2-18-14-6-8-15(9-7-14)19-10-11-20-16-5-3-4-13(17)12-16/h3-9,12H,2,10-11H2,1H3. The van der Waals surface area contributed by atoms with Crippen LogP contribution in [0.1, 0.15) is 6.92 Å². The molecule has 0 saturated carbocycles. The van der Waals surface area contributed by atoms with Gasteiger partial charge in [0.1, 0.15) is 30.5 Å². The maximum atomic E-state index is 5.60. The Bertz CT molecular complexity index is 526. The molecule has 0 heterocycles. The molecule has 0 spiro atoms. The Hall–Kier alpha value is -1.68. The second-order valence-electron chi connectivity index (χ2n) is 4.06. The molecule has 0 N–H and O–H groups in total. The van der Waals surface area contributed by atoms with Crippen LogP contribution in [-0.4, -0.2) is 19.8 Å². The zero-order valence-corrected chi connectivity index (χ0v) is 12.9. The largest absolute Gasteiger partial charge is 0.494 e. The summed E-state index contributed by atoms with van der Waals surface area (Å²) in [5, 5.41) is 0. The molecule has 106 valence electrons. The first-order chi connectivity index (χ1) is 9.78. The van der Waals surface area contributed by atoms with Crippen LogP contribution in [0.2, 0.25) is 0 Å². The number of ether oxygens (including phenoxy) is 3. The highest BCUT2D eigenvalue weighted by Gasteiger charge is 1.97. The average molecular weight is 337 g/mol. The number of hydrogen-bond acceptors (Lipinski definition) is 3. The maximum Gasteiger partial charge on any atom is 0.122 e. The number of benzene rings is 2. The van der Waals surface area contributed by atoms with E-state index in [9.17, 15) is 0 Å². The lowest BCUT2D eigenvalue weighted by Gasteiger charge is -2.09. The predicted octanol–water partition coefficient (Wildman–Crippen LogP) is 4.31. The highest BCUT2D eigenvalue weighted by Crippen LogP contribution is 2.19. The molecule has 0 aliphatic heterocycles. The van der Waals surface area contributed by atoms with Crippen molar-refractivity contribution in [2.24, 2.45) is 0 Å². The molecule has 0 amide bonds. The first-order valence-electron chi connectivity index (χ1n) is 6.52. The van der Waals surface area contributed by atoms with E-state index in [-0.39, 0.29) is 0 Å². The summed E-state index contributed by atoms with van der Waals surface area (Å²) in [5.41, 5.74) is 0. The zero-order chi connectivity index (χ0) is 14.2. The lowest BCUT2D eigenvalue weighted by atomic mass is 10.3. The molecule has 2 aromatic carbocycles. The molecule has 2 aromatic rings. The zero-order valence-electron chi connectivity index (χ0n) is 11.3. The summed E-state index contributed by atoms with van der Waals surface area (Å²) in [7, 11) is 0. The SMILES string of the molecule is CCOc1ccc(OCCOc2cccc(Br)c2)cc1. The van der Waals surface area contributed by atoms with Gasteiger partial charge < -0.3 is 14.2 Å². The van der Waals surface area contributed by atoms with E-state index >= 15 is 0 Å². The monoisotopic (exact) mass is 336 g/mol. The molecule has 2 rings (SSSR count). The first kappa shape index (κ1) is 14.7. The van der Waals surface area contributed by atoms with Gasteiger partial charge in [-0.3, -0.25) is 0 Å². The van der Waals surface area contributed by atoms with Gasteiger partial charge in [-0.1, -0.05) is 22.0 Å². The summed E-state index contributed by atoms with van der Waals surface area (Å²) in [6, 6.07) is 15.3. The van der Waals surface area contributed by atoms with Crippen LogP contribution < -0.4 is 14.2 Å². The molecule has 0 aromatic heterocycles. The molecule has 4 heteroatoms. The van der Waals surface area contributed by atoms with Gasteiger partial charge in [0.15, 0.2) is 0 Å². The minimum atomic E-state index is 0.500. The molecule has 0 fully saturated rings. The van der Waals surface area contributed by atoms with Gasteiger partial charge in [0.2, 0.25) is 0 Å². The third kappa shape index (κ3) is 4.78. The quantitative estimate of drug-likeness (QED) is 0.705. The summed E-state index contributed by atoms with van der Waals surface area (Å²) >= 11 is 3.40. The normalized spacial score (nSPS) is 10.1. The average Bonchev–Trinajstić information content (AvgIpc) is 2.46. The molecule has 0 bridgehead atoms. The Labute approximate surface area is 127 Å². The van der Waals surface area contributed by atoms with Crippen molar-refractivity contribution in [2.75, 3.05) is 19.8 Å². The van der Waals surface area contributed by atoms with Crippen molar-refractivity contribution in [3.8, 4) is 17.2 Å².